The monoisotopic (exact) mass is 324 g/mol. The zero-order valence-corrected chi connectivity index (χ0v) is 13.0. The highest BCUT2D eigenvalue weighted by atomic mass is 35.5. The first-order chi connectivity index (χ1) is 9.09. The number of halogens is 4. The van der Waals surface area contributed by atoms with Crippen molar-refractivity contribution in [1.29, 1.82) is 0 Å². The predicted octanol–water partition coefficient (Wildman–Crippen LogP) is 3.67. The summed E-state index contributed by atoms with van der Waals surface area (Å²) in [5.74, 6) is 0. The Morgan fingerprint density at radius 3 is 2.50 bits per heavy atom. The Balaban J connectivity index is 0.00000200. The maximum absolute atomic E-state index is 12.9. The minimum absolute atomic E-state index is 0. The maximum atomic E-state index is 12.9. The fraction of sp³-hybridized carbons (Fsp3) is 0.571. The molecule has 0 aliphatic carbocycles. The van der Waals surface area contributed by atoms with Gasteiger partial charge in [0.15, 0.2) is 0 Å². The Kier molecular flexibility index (Phi) is 7.17. The molecule has 1 aromatic carbocycles. The molecule has 1 atom stereocenters. The summed E-state index contributed by atoms with van der Waals surface area (Å²) >= 11 is 6.24. The van der Waals surface area contributed by atoms with E-state index in [0.29, 0.717) is 5.02 Å². The summed E-state index contributed by atoms with van der Waals surface area (Å²) in [6.07, 6.45) is -2.49. The number of alkyl halides is 2. The van der Waals surface area contributed by atoms with E-state index in [1.54, 1.807) is 6.07 Å². The number of aryl methyl sites for hydroxylation is 1. The van der Waals surface area contributed by atoms with Crippen LogP contribution in [-0.2, 0) is 0 Å². The Morgan fingerprint density at radius 2 is 1.95 bits per heavy atom. The number of piperazine rings is 1. The van der Waals surface area contributed by atoms with Gasteiger partial charge in [0.1, 0.15) is 0 Å². The minimum atomic E-state index is -2.32. The molecule has 2 rings (SSSR count). The second-order valence-electron chi connectivity index (χ2n) is 4.90. The summed E-state index contributed by atoms with van der Waals surface area (Å²) in [5, 5.41) is 3.83. The standard InChI is InChI=1S/C14H19ClF2N2.ClH/c1-10-3-2-4-11(15)14(10)12(9-13(16)17)19-7-5-18-6-8-19;/h2-4,12-13,18H,5-9H2,1H3;1H/t12-;/m1./s1. The first-order valence-corrected chi connectivity index (χ1v) is 6.95. The van der Waals surface area contributed by atoms with Crippen molar-refractivity contribution in [3.05, 3.63) is 34.3 Å². The van der Waals surface area contributed by atoms with Crippen LogP contribution in [0.1, 0.15) is 23.6 Å². The summed E-state index contributed by atoms with van der Waals surface area (Å²) in [6, 6.07) is 5.28. The average molecular weight is 325 g/mol. The Bertz CT molecular complexity index is 403. The number of benzene rings is 1. The van der Waals surface area contributed by atoms with E-state index in [1.807, 2.05) is 19.1 Å². The van der Waals surface area contributed by atoms with Crippen molar-refractivity contribution in [1.82, 2.24) is 10.2 Å². The van der Waals surface area contributed by atoms with Gasteiger partial charge in [0.05, 0.1) is 0 Å². The number of hydrogen-bond acceptors (Lipinski definition) is 2. The van der Waals surface area contributed by atoms with E-state index in [4.69, 9.17) is 11.6 Å². The number of nitrogens with zero attached hydrogens (tertiary/aromatic N) is 1. The van der Waals surface area contributed by atoms with Gasteiger partial charge in [-0.15, -0.1) is 12.4 Å². The van der Waals surface area contributed by atoms with Crippen LogP contribution in [0.25, 0.3) is 0 Å². The third-order valence-electron chi connectivity index (χ3n) is 3.60. The summed E-state index contributed by atoms with van der Waals surface area (Å²) in [6.45, 7) is 5.17. The molecule has 0 unspecified atom stereocenters. The van der Waals surface area contributed by atoms with Gasteiger partial charge in [-0.05, 0) is 24.1 Å². The largest absolute Gasteiger partial charge is 0.314 e. The Labute approximate surface area is 129 Å². The smallest absolute Gasteiger partial charge is 0.240 e. The van der Waals surface area contributed by atoms with Crippen molar-refractivity contribution in [2.24, 2.45) is 0 Å². The fourth-order valence-corrected chi connectivity index (χ4v) is 3.03. The molecule has 1 saturated heterocycles. The quantitative estimate of drug-likeness (QED) is 0.909. The summed E-state index contributed by atoms with van der Waals surface area (Å²) < 4.78 is 25.8. The van der Waals surface area contributed by atoms with Gasteiger partial charge in [-0.1, -0.05) is 23.7 Å². The maximum Gasteiger partial charge on any atom is 0.240 e. The first kappa shape index (κ1) is 17.6. The lowest BCUT2D eigenvalue weighted by atomic mass is 9.96. The fourth-order valence-electron chi connectivity index (χ4n) is 2.68. The van der Waals surface area contributed by atoms with Crippen molar-refractivity contribution in [3.63, 3.8) is 0 Å². The lowest BCUT2D eigenvalue weighted by Crippen LogP contribution is -2.45. The van der Waals surface area contributed by atoms with Crippen molar-refractivity contribution in [3.8, 4) is 0 Å². The van der Waals surface area contributed by atoms with Gasteiger partial charge < -0.3 is 5.32 Å². The molecule has 2 nitrogen and oxygen atoms in total. The molecule has 1 aliphatic heterocycles. The molecule has 0 saturated carbocycles. The van der Waals surface area contributed by atoms with Gasteiger partial charge in [-0.2, -0.15) is 0 Å². The molecular weight excluding hydrogens is 305 g/mol. The highest BCUT2D eigenvalue weighted by Crippen LogP contribution is 2.34. The van der Waals surface area contributed by atoms with Crippen LogP contribution in [0.15, 0.2) is 18.2 Å². The second-order valence-corrected chi connectivity index (χ2v) is 5.31. The van der Waals surface area contributed by atoms with Gasteiger partial charge in [0.2, 0.25) is 6.43 Å². The second kappa shape index (κ2) is 8.13. The average Bonchev–Trinajstić information content (AvgIpc) is 2.38. The van der Waals surface area contributed by atoms with Crippen LogP contribution in [0.3, 0.4) is 0 Å². The lowest BCUT2D eigenvalue weighted by molar-refractivity contribution is 0.0737. The number of hydrogen-bond donors (Lipinski definition) is 1. The molecule has 1 aromatic rings. The summed E-state index contributed by atoms with van der Waals surface area (Å²) in [7, 11) is 0. The molecular formula is C14H20Cl2F2N2. The Hall–Kier alpha value is -0.420. The van der Waals surface area contributed by atoms with Crippen LogP contribution >= 0.6 is 24.0 Å². The molecule has 0 amide bonds. The topological polar surface area (TPSA) is 15.3 Å². The Morgan fingerprint density at radius 1 is 1.30 bits per heavy atom. The van der Waals surface area contributed by atoms with Gasteiger partial charge in [-0.25, -0.2) is 8.78 Å². The first-order valence-electron chi connectivity index (χ1n) is 6.57. The van der Waals surface area contributed by atoms with E-state index in [0.717, 1.165) is 37.3 Å². The van der Waals surface area contributed by atoms with Crippen molar-refractivity contribution in [2.45, 2.75) is 25.8 Å². The number of nitrogens with one attached hydrogen (secondary N) is 1. The van der Waals surface area contributed by atoms with Crippen LogP contribution in [0.5, 0.6) is 0 Å². The van der Waals surface area contributed by atoms with E-state index in [2.05, 4.69) is 10.2 Å². The minimum Gasteiger partial charge on any atom is -0.314 e. The van der Waals surface area contributed by atoms with Crippen LogP contribution in [0, 0.1) is 6.92 Å². The molecule has 6 heteroatoms. The van der Waals surface area contributed by atoms with Gasteiger partial charge in [0, 0.05) is 43.7 Å². The van der Waals surface area contributed by atoms with Gasteiger partial charge >= 0.3 is 0 Å². The zero-order valence-electron chi connectivity index (χ0n) is 11.4. The van der Waals surface area contributed by atoms with Crippen LogP contribution in [0.4, 0.5) is 8.78 Å². The molecule has 0 spiro atoms. The SMILES string of the molecule is Cc1cccc(Cl)c1[C@@H](CC(F)F)N1CCNCC1.Cl. The molecule has 1 heterocycles. The molecule has 20 heavy (non-hydrogen) atoms. The molecule has 1 fully saturated rings. The molecule has 0 aromatic heterocycles. The van der Waals surface area contributed by atoms with Crippen molar-refractivity contribution >= 4 is 24.0 Å². The normalized spacial score (nSPS) is 17.9. The van der Waals surface area contributed by atoms with Crippen LogP contribution in [-0.4, -0.2) is 37.5 Å². The van der Waals surface area contributed by atoms with Gasteiger partial charge in [0.25, 0.3) is 0 Å². The molecule has 1 aliphatic rings. The lowest BCUT2D eigenvalue weighted by Gasteiger charge is -2.36. The highest BCUT2D eigenvalue weighted by molar-refractivity contribution is 6.31. The highest BCUT2D eigenvalue weighted by Gasteiger charge is 2.28. The van der Waals surface area contributed by atoms with Gasteiger partial charge in [-0.3, -0.25) is 4.90 Å². The third kappa shape index (κ3) is 4.29. The third-order valence-corrected chi connectivity index (χ3v) is 3.93. The van der Waals surface area contributed by atoms with E-state index in [9.17, 15) is 8.78 Å². The van der Waals surface area contributed by atoms with E-state index < -0.39 is 6.43 Å². The molecule has 0 radical (unpaired) electrons. The van der Waals surface area contributed by atoms with Crippen LogP contribution in [0.2, 0.25) is 5.02 Å². The summed E-state index contributed by atoms with van der Waals surface area (Å²) in [4.78, 5) is 2.11. The number of rotatable bonds is 4. The van der Waals surface area contributed by atoms with E-state index in [1.165, 1.54) is 0 Å². The zero-order chi connectivity index (χ0) is 13.8. The molecule has 0 bridgehead atoms. The molecule has 1 N–H and O–H groups in total. The predicted molar refractivity (Wildman–Crippen MR) is 81.2 cm³/mol. The van der Waals surface area contributed by atoms with E-state index >= 15 is 0 Å². The summed E-state index contributed by atoms with van der Waals surface area (Å²) in [5.41, 5.74) is 1.84. The van der Waals surface area contributed by atoms with E-state index in [-0.39, 0.29) is 24.9 Å². The van der Waals surface area contributed by atoms with Crippen LogP contribution < -0.4 is 5.32 Å². The van der Waals surface area contributed by atoms with Crippen molar-refractivity contribution in [2.75, 3.05) is 26.2 Å². The molecule has 114 valence electrons. The van der Waals surface area contributed by atoms with Crippen molar-refractivity contribution < 1.29 is 8.78 Å².